The minimum Gasteiger partial charge on any atom is -0.497 e. The summed E-state index contributed by atoms with van der Waals surface area (Å²) in [5.41, 5.74) is 1.30. The lowest BCUT2D eigenvalue weighted by Crippen LogP contribution is -2.28. The van der Waals surface area contributed by atoms with Crippen LogP contribution in [0, 0.1) is 0 Å². The lowest BCUT2D eigenvalue weighted by molar-refractivity contribution is 0.122. The zero-order chi connectivity index (χ0) is 11.2. The van der Waals surface area contributed by atoms with Crippen LogP contribution in [0.1, 0.15) is 18.4 Å². The van der Waals surface area contributed by atoms with Gasteiger partial charge in [-0.15, -0.1) is 0 Å². The molecule has 2 rings (SSSR count). The largest absolute Gasteiger partial charge is 0.497 e. The van der Waals surface area contributed by atoms with Crippen molar-refractivity contribution in [3.8, 4) is 0 Å². The summed E-state index contributed by atoms with van der Waals surface area (Å²) in [6.45, 7) is 1.82. The first-order valence-corrected chi connectivity index (χ1v) is 6.39. The SMILES string of the molecule is Brc1ccc(CNCC2CCC=CO2)cc1. The third-order valence-corrected chi connectivity index (χ3v) is 3.17. The second-order valence-electron chi connectivity index (χ2n) is 3.96. The maximum absolute atomic E-state index is 5.48. The average Bonchev–Trinajstić information content (AvgIpc) is 2.33. The Balaban J connectivity index is 1.71. The molecule has 0 fully saturated rings. The lowest BCUT2D eigenvalue weighted by Gasteiger charge is -2.19. The predicted molar refractivity (Wildman–Crippen MR) is 69.1 cm³/mol. The first-order chi connectivity index (χ1) is 7.84. The zero-order valence-corrected chi connectivity index (χ0v) is 10.7. The molecule has 1 heterocycles. The van der Waals surface area contributed by atoms with Crippen molar-refractivity contribution in [3.05, 3.63) is 46.6 Å². The Labute approximate surface area is 105 Å². The molecule has 0 bridgehead atoms. The molecule has 86 valence electrons. The molecule has 1 N–H and O–H groups in total. The highest BCUT2D eigenvalue weighted by Crippen LogP contribution is 2.11. The van der Waals surface area contributed by atoms with Gasteiger partial charge in [0.15, 0.2) is 0 Å². The topological polar surface area (TPSA) is 21.3 Å². The first kappa shape index (κ1) is 11.7. The van der Waals surface area contributed by atoms with Crippen molar-refractivity contribution in [1.29, 1.82) is 0 Å². The summed E-state index contributed by atoms with van der Waals surface area (Å²) in [5.74, 6) is 0. The van der Waals surface area contributed by atoms with Crippen molar-refractivity contribution in [2.45, 2.75) is 25.5 Å². The van der Waals surface area contributed by atoms with E-state index in [-0.39, 0.29) is 0 Å². The van der Waals surface area contributed by atoms with Gasteiger partial charge < -0.3 is 10.1 Å². The van der Waals surface area contributed by atoms with Gasteiger partial charge in [0.2, 0.25) is 0 Å². The molecule has 1 aromatic carbocycles. The number of allylic oxidation sites excluding steroid dienone is 1. The van der Waals surface area contributed by atoms with Gasteiger partial charge in [-0.2, -0.15) is 0 Å². The molecule has 0 saturated carbocycles. The van der Waals surface area contributed by atoms with E-state index in [1.165, 1.54) is 5.56 Å². The Bertz CT molecular complexity index is 347. The van der Waals surface area contributed by atoms with Crippen molar-refractivity contribution >= 4 is 15.9 Å². The van der Waals surface area contributed by atoms with Crippen LogP contribution in [0.4, 0.5) is 0 Å². The van der Waals surface area contributed by atoms with E-state index in [2.05, 4.69) is 51.6 Å². The van der Waals surface area contributed by atoms with E-state index in [4.69, 9.17) is 4.74 Å². The van der Waals surface area contributed by atoms with Crippen LogP contribution in [-0.2, 0) is 11.3 Å². The number of benzene rings is 1. The molecule has 0 radical (unpaired) electrons. The summed E-state index contributed by atoms with van der Waals surface area (Å²) in [6.07, 6.45) is 6.47. The number of ether oxygens (including phenoxy) is 1. The summed E-state index contributed by atoms with van der Waals surface area (Å²) >= 11 is 3.43. The highest BCUT2D eigenvalue weighted by molar-refractivity contribution is 9.10. The van der Waals surface area contributed by atoms with Crippen LogP contribution in [0.15, 0.2) is 41.1 Å². The maximum atomic E-state index is 5.48. The van der Waals surface area contributed by atoms with E-state index in [1.807, 2.05) is 6.26 Å². The molecule has 0 saturated heterocycles. The van der Waals surface area contributed by atoms with E-state index in [0.29, 0.717) is 6.10 Å². The Morgan fingerprint density at radius 2 is 2.12 bits per heavy atom. The second-order valence-corrected chi connectivity index (χ2v) is 4.88. The monoisotopic (exact) mass is 281 g/mol. The van der Waals surface area contributed by atoms with Gasteiger partial charge in [0.25, 0.3) is 0 Å². The smallest absolute Gasteiger partial charge is 0.110 e. The van der Waals surface area contributed by atoms with Crippen molar-refractivity contribution in [2.75, 3.05) is 6.54 Å². The van der Waals surface area contributed by atoms with Gasteiger partial charge >= 0.3 is 0 Å². The fraction of sp³-hybridized carbons (Fsp3) is 0.385. The van der Waals surface area contributed by atoms with Crippen LogP contribution in [-0.4, -0.2) is 12.6 Å². The van der Waals surface area contributed by atoms with Crippen LogP contribution in [0.25, 0.3) is 0 Å². The highest BCUT2D eigenvalue weighted by atomic mass is 79.9. The molecule has 3 heteroatoms. The van der Waals surface area contributed by atoms with E-state index in [0.717, 1.165) is 30.4 Å². The predicted octanol–water partition coefficient (Wildman–Crippen LogP) is 3.23. The van der Waals surface area contributed by atoms with E-state index in [9.17, 15) is 0 Å². The van der Waals surface area contributed by atoms with Crippen molar-refractivity contribution in [1.82, 2.24) is 5.32 Å². The first-order valence-electron chi connectivity index (χ1n) is 5.60. The summed E-state index contributed by atoms with van der Waals surface area (Å²) in [4.78, 5) is 0. The minimum absolute atomic E-state index is 0.334. The van der Waals surface area contributed by atoms with Gasteiger partial charge in [0.05, 0.1) is 6.26 Å². The molecule has 16 heavy (non-hydrogen) atoms. The van der Waals surface area contributed by atoms with Crippen molar-refractivity contribution < 1.29 is 4.74 Å². The molecule has 1 aromatic rings. The van der Waals surface area contributed by atoms with Gasteiger partial charge in [0.1, 0.15) is 6.10 Å². The Morgan fingerprint density at radius 1 is 1.31 bits per heavy atom. The maximum Gasteiger partial charge on any atom is 0.110 e. The number of hydrogen-bond acceptors (Lipinski definition) is 2. The third-order valence-electron chi connectivity index (χ3n) is 2.64. The fourth-order valence-electron chi connectivity index (χ4n) is 1.71. The molecule has 1 atom stereocenters. The van der Waals surface area contributed by atoms with Crippen molar-refractivity contribution in [3.63, 3.8) is 0 Å². The summed E-state index contributed by atoms with van der Waals surface area (Å²) in [6, 6.07) is 8.38. The molecule has 1 aliphatic heterocycles. The standard InChI is InChI=1S/C13H16BrNO/c14-12-6-4-11(5-7-12)9-15-10-13-3-1-2-8-16-13/h2,4-8,13,15H,1,3,9-10H2. The molecule has 2 nitrogen and oxygen atoms in total. The van der Waals surface area contributed by atoms with Crippen LogP contribution in [0.3, 0.4) is 0 Å². The highest BCUT2D eigenvalue weighted by Gasteiger charge is 2.09. The van der Waals surface area contributed by atoms with Crippen LogP contribution in [0.2, 0.25) is 0 Å². The zero-order valence-electron chi connectivity index (χ0n) is 9.16. The second kappa shape index (κ2) is 6.06. The molecule has 0 aliphatic carbocycles. The number of halogens is 1. The van der Waals surface area contributed by atoms with Crippen LogP contribution < -0.4 is 5.32 Å². The van der Waals surface area contributed by atoms with Crippen LogP contribution in [0.5, 0.6) is 0 Å². The van der Waals surface area contributed by atoms with Crippen LogP contribution >= 0.6 is 15.9 Å². The molecule has 1 aliphatic rings. The van der Waals surface area contributed by atoms with Crippen molar-refractivity contribution in [2.24, 2.45) is 0 Å². The Hall–Kier alpha value is -0.800. The summed E-state index contributed by atoms with van der Waals surface area (Å²) in [5, 5.41) is 3.42. The molecule has 0 amide bonds. The normalized spacial score (nSPS) is 19.4. The Kier molecular flexibility index (Phi) is 4.43. The van der Waals surface area contributed by atoms with Gasteiger partial charge in [-0.25, -0.2) is 0 Å². The molecular weight excluding hydrogens is 266 g/mol. The number of rotatable bonds is 4. The van der Waals surface area contributed by atoms with Gasteiger partial charge in [-0.1, -0.05) is 28.1 Å². The third kappa shape index (κ3) is 3.65. The molecule has 0 spiro atoms. The number of hydrogen-bond donors (Lipinski definition) is 1. The lowest BCUT2D eigenvalue weighted by atomic mass is 10.1. The average molecular weight is 282 g/mol. The Morgan fingerprint density at radius 3 is 2.81 bits per heavy atom. The minimum atomic E-state index is 0.334. The summed E-state index contributed by atoms with van der Waals surface area (Å²) in [7, 11) is 0. The quantitative estimate of drug-likeness (QED) is 0.915. The molecule has 1 unspecified atom stereocenters. The van der Waals surface area contributed by atoms with Gasteiger partial charge in [0, 0.05) is 17.6 Å². The van der Waals surface area contributed by atoms with E-state index in [1.54, 1.807) is 0 Å². The molecule has 0 aromatic heterocycles. The van der Waals surface area contributed by atoms with E-state index < -0.39 is 0 Å². The van der Waals surface area contributed by atoms with E-state index >= 15 is 0 Å². The van der Waals surface area contributed by atoms with Gasteiger partial charge in [-0.05, 0) is 36.6 Å². The molecular formula is C13H16BrNO. The van der Waals surface area contributed by atoms with Gasteiger partial charge in [-0.3, -0.25) is 0 Å². The number of nitrogens with one attached hydrogen (secondary N) is 1. The summed E-state index contributed by atoms with van der Waals surface area (Å²) < 4.78 is 6.61. The fourth-order valence-corrected chi connectivity index (χ4v) is 1.98.